The summed E-state index contributed by atoms with van der Waals surface area (Å²) in [5.74, 6) is -0.224. The average Bonchev–Trinajstić information content (AvgIpc) is 2.75. The zero-order chi connectivity index (χ0) is 21.3. The Hall–Kier alpha value is -2.86. The number of aliphatic carboxylic acids is 1. The first-order chi connectivity index (χ1) is 14.5. The van der Waals surface area contributed by atoms with Gasteiger partial charge >= 0.3 is 5.97 Å². The molecule has 0 heterocycles. The van der Waals surface area contributed by atoms with Crippen molar-refractivity contribution in [2.75, 3.05) is 0 Å². The maximum atomic E-state index is 12.3. The molecule has 30 heavy (non-hydrogen) atoms. The third-order valence-corrected chi connectivity index (χ3v) is 5.61. The molecule has 2 aromatic rings. The number of carbonyl (C=O) groups excluding carboxylic acids is 1. The molecule has 0 spiro atoms. The third-order valence-electron chi connectivity index (χ3n) is 5.61. The topological polar surface area (TPSA) is 102 Å². The Morgan fingerprint density at radius 3 is 2.30 bits per heavy atom. The van der Waals surface area contributed by atoms with Crippen LogP contribution < -0.4 is 15.8 Å². The number of nitrogens with one attached hydrogen (secondary N) is 1. The van der Waals surface area contributed by atoms with Crippen LogP contribution in [0.15, 0.2) is 54.6 Å². The molecule has 160 valence electrons. The fourth-order valence-electron chi connectivity index (χ4n) is 3.81. The summed E-state index contributed by atoms with van der Waals surface area (Å²) in [7, 11) is 0. The molecule has 0 aliphatic heterocycles. The van der Waals surface area contributed by atoms with E-state index in [4.69, 9.17) is 10.5 Å². The van der Waals surface area contributed by atoms with E-state index < -0.39 is 12.0 Å². The fourth-order valence-corrected chi connectivity index (χ4v) is 3.81. The molecule has 1 saturated carbocycles. The highest BCUT2D eigenvalue weighted by molar-refractivity contribution is 5.83. The number of amides is 1. The largest absolute Gasteiger partial charge is 0.489 e. The van der Waals surface area contributed by atoms with Crippen molar-refractivity contribution in [1.82, 2.24) is 5.32 Å². The molecule has 3 rings (SSSR count). The number of rotatable bonds is 9. The molecule has 0 saturated heterocycles. The Bertz CT molecular complexity index is 815. The van der Waals surface area contributed by atoms with Gasteiger partial charge in [0.2, 0.25) is 5.91 Å². The summed E-state index contributed by atoms with van der Waals surface area (Å²) < 4.78 is 5.76. The number of benzene rings is 2. The first-order valence-electron chi connectivity index (χ1n) is 10.5. The Kier molecular flexibility index (Phi) is 7.85. The number of carboxylic acid groups (broad SMARTS) is 1. The van der Waals surface area contributed by atoms with E-state index in [9.17, 15) is 14.7 Å². The minimum Gasteiger partial charge on any atom is -0.489 e. The second-order valence-electron chi connectivity index (χ2n) is 8.07. The van der Waals surface area contributed by atoms with E-state index in [0.717, 1.165) is 36.8 Å². The summed E-state index contributed by atoms with van der Waals surface area (Å²) in [6.45, 7) is 0.472. The summed E-state index contributed by atoms with van der Waals surface area (Å²) in [5.41, 5.74) is 7.82. The molecule has 0 bridgehead atoms. The Morgan fingerprint density at radius 2 is 1.67 bits per heavy atom. The van der Waals surface area contributed by atoms with Gasteiger partial charge < -0.3 is 20.9 Å². The van der Waals surface area contributed by atoms with Crippen LogP contribution in [-0.4, -0.2) is 29.1 Å². The molecule has 6 heteroatoms. The predicted molar refractivity (Wildman–Crippen MR) is 115 cm³/mol. The average molecular weight is 411 g/mol. The van der Waals surface area contributed by atoms with Crippen molar-refractivity contribution in [3.05, 3.63) is 65.7 Å². The fraction of sp³-hybridized carbons (Fsp3) is 0.417. The number of ether oxygens (including phenoxy) is 1. The molecule has 0 aromatic heterocycles. The van der Waals surface area contributed by atoms with E-state index >= 15 is 0 Å². The molecule has 1 unspecified atom stereocenters. The molecule has 4 N–H and O–H groups in total. The number of hydrogen-bond donors (Lipinski definition) is 3. The van der Waals surface area contributed by atoms with E-state index in [2.05, 4.69) is 5.32 Å². The van der Waals surface area contributed by atoms with E-state index in [0.29, 0.717) is 24.7 Å². The van der Waals surface area contributed by atoms with Gasteiger partial charge in [-0.2, -0.15) is 0 Å². The summed E-state index contributed by atoms with van der Waals surface area (Å²) in [5, 5.41) is 12.2. The molecule has 2 aromatic carbocycles. The number of nitrogens with two attached hydrogens (primary N) is 1. The van der Waals surface area contributed by atoms with Crippen molar-refractivity contribution in [3.63, 3.8) is 0 Å². The normalized spacial score (nSPS) is 19.6. The predicted octanol–water partition coefficient (Wildman–Crippen LogP) is 3.29. The highest BCUT2D eigenvalue weighted by Gasteiger charge is 2.24. The molecule has 1 aliphatic carbocycles. The lowest BCUT2D eigenvalue weighted by Crippen LogP contribution is -2.43. The zero-order valence-electron chi connectivity index (χ0n) is 17.1. The van der Waals surface area contributed by atoms with Crippen molar-refractivity contribution in [1.29, 1.82) is 0 Å². The van der Waals surface area contributed by atoms with Gasteiger partial charge in [0.15, 0.2) is 0 Å². The molecule has 0 radical (unpaired) electrons. The molecule has 6 nitrogen and oxygen atoms in total. The molecule has 1 amide bonds. The molecular weight excluding hydrogens is 380 g/mol. The van der Waals surface area contributed by atoms with Crippen LogP contribution in [-0.2, 0) is 22.6 Å². The Morgan fingerprint density at radius 1 is 1.00 bits per heavy atom. The van der Waals surface area contributed by atoms with Gasteiger partial charge in [0.1, 0.15) is 18.4 Å². The SMILES string of the molecule is NC1CCC(CC(=O)NC(Cc2ccc(OCc3ccccc3)cc2)C(=O)O)CC1. The number of hydrogen-bond acceptors (Lipinski definition) is 4. The van der Waals surface area contributed by atoms with Crippen molar-refractivity contribution in [2.45, 2.75) is 57.2 Å². The highest BCUT2D eigenvalue weighted by Crippen LogP contribution is 2.25. The van der Waals surface area contributed by atoms with Gasteiger partial charge in [-0.05, 0) is 54.9 Å². The smallest absolute Gasteiger partial charge is 0.326 e. The van der Waals surface area contributed by atoms with Gasteiger partial charge in [-0.1, -0.05) is 42.5 Å². The van der Waals surface area contributed by atoms with Crippen LogP contribution in [0.4, 0.5) is 0 Å². The maximum absolute atomic E-state index is 12.3. The highest BCUT2D eigenvalue weighted by atomic mass is 16.5. The second kappa shape index (κ2) is 10.8. The van der Waals surface area contributed by atoms with Crippen LogP contribution in [0.25, 0.3) is 0 Å². The summed E-state index contributed by atoms with van der Waals surface area (Å²) in [6.07, 6.45) is 4.31. The van der Waals surface area contributed by atoms with Crippen LogP contribution in [0.3, 0.4) is 0 Å². The van der Waals surface area contributed by atoms with Crippen LogP contribution in [0, 0.1) is 5.92 Å². The van der Waals surface area contributed by atoms with Crippen LogP contribution in [0.2, 0.25) is 0 Å². The lowest BCUT2D eigenvalue weighted by molar-refractivity contribution is -0.142. The zero-order valence-corrected chi connectivity index (χ0v) is 17.1. The minimum absolute atomic E-state index is 0.203. The van der Waals surface area contributed by atoms with Crippen molar-refractivity contribution in [3.8, 4) is 5.75 Å². The van der Waals surface area contributed by atoms with Crippen molar-refractivity contribution < 1.29 is 19.4 Å². The van der Waals surface area contributed by atoms with E-state index in [1.165, 1.54) is 0 Å². The first-order valence-corrected chi connectivity index (χ1v) is 10.5. The van der Waals surface area contributed by atoms with Crippen LogP contribution in [0.1, 0.15) is 43.2 Å². The Labute approximate surface area is 177 Å². The van der Waals surface area contributed by atoms with E-state index in [-0.39, 0.29) is 18.4 Å². The van der Waals surface area contributed by atoms with Gasteiger partial charge in [0.25, 0.3) is 0 Å². The number of carbonyl (C=O) groups is 2. The van der Waals surface area contributed by atoms with E-state index in [1.807, 2.05) is 54.6 Å². The maximum Gasteiger partial charge on any atom is 0.326 e. The van der Waals surface area contributed by atoms with Gasteiger partial charge in [0, 0.05) is 18.9 Å². The molecule has 1 aliphatic rings. The van der Waals surface area contributed by atoms with Gasteiger partial charge in [-0.3, -0.25) is 4.79 Å². The Balaban J connectivity index is 1.49. The lowest BCUT2D eigenvalue weighted by Gasteiger charge is -2.26. The number of carboxylic acids is 1. The summed E-state index contributed by atoms with van der Waals surface area (Å²) >= 11 is 0. The third kappa shape index (κ3) is 6.88. The second-order valence-corrected chi connectivity index (χ2v) is 8.07. The van der Waals surface area contributed by atoms with Crippen LogP contribution in [0.5, 0.6) is 5.75 Å². The monoisotopic (exact) mass is 410 g/mol. The van der Waals surface area contributed by atoms with Crippen molar-refractivity contribution >= 4 is 11.9 Å². The summed E-state index contributed by atoms with van der Waals surface area (Å²) in [4.78, 5) is 24.0. The van der Waals surface area contributed by atoms with Gasteiger partial charge in [-0.25, -0.2) is 4.79 Å². The quantitative estimate of drug-likeness (QED) is 0.589. The van der Waals surface area contributed by atoms with Crippen molar-refractivity contribution in [2.24, 2.45) is 11.7 Å². The molecular formula is C24H30N2O4. The first kappa shape index (κ1) is 21.8. The van der Waals surface area contributed by atoms with Gasteiger partial charge in [-0.15, -0.1) is 0 Å². The summed E-state index contributed by atoms with van der Waals surface area (Å²) in [6, 6.07) is 16.5. The van der Waals surface area contributed by atoms with Crippen LogP contribution >= 0.6 is 0 Å². The van der Waals surface area contributed by atoms with E-state index in [1.54, 1.807) is 0 Å². The van der Waals surface area contributed by atoms with Gasteiger partial charge in [0.05, 0.1) is 0 Å². The molecule has 1 atom stereocenters. The minimum atomic E-state index is -1.03. The standard InChI is InChI=1S/C24H30N2O4/c25-20-10-6-18(7-11-20)15-23(27)26-22(24(28)29)14-17-8-12-21(13-9-17)30-16-19-4-2-1-3-5-19/h1-5,8-9,12-13,18,20,22H,6-7,10-11,14-16,25H2,(H,26,27)(H,28,29). The molecule has 1 fully saturated rings. The lowest BCUT2D eigenvalue weighted by atomic mass is 9.84.